The summed E-state index contributed by atoms with van der Waals surface area (Å²) >= 11 is 1.64. The molecule has 3 nitrogen and oxygen atoms in total. The SMILES string of the molecule is CC(C)C1CCN(c2nncs2)CC1. The number of anilines is 1. The van der Waals surface area contributed by atoms with Crippen LogP contribution in [0.15, 0.2) is 5.51 Å². The van der Waals surface area contributed by atoms with Crippen molar-refractivity contribution in [3.8, 4) is 0 Å². The quantitative estimate of drug-likeness (QED) is 0.752. The summed E-state index contributed by atoms with van der Waals surface area (Å²) in [6.45, 7) is 6.95. The monoisotopic (exact) mass is 211 g/mol. The van der Waals surface area contributed by atoms with Crippen molar-refractivity contribution in [2.45, 2.75) is 26.7 Å². The second-order valence-electron chi connectivity index (χ2n) is 4.29. The van der Waals surface area contributed by atoms with Gasteiger partial charge in [-0.05, 0) is 24.7 Å². The number of hydrogen-bond donors (Lipinski definition) is 0. The minimum Gasteiger partial charge on any atom is -0.347 e. The molecule has 0 N–H and O–H groups in total. The van der Waals surface area contributed by atoms with Crippen LogP contribution in [-0.4, -0.2) is 23.3 Å². The first-order valence-electron chi connectivity index (χ1n) is 5.28. The van der Waals surface area contributed by atoms with Gasteiger partial charge in [0.05, 0.1) is 0 Å². The third-order valence-corrected chi connectivity index (χ3v) is 3.85. The van der Waals surface area contributed by atoms with E-state index in [1.54, 1.807) is 11.3 Å². The molecule has 0 atom stereocenters. The normalized spacial score (nSPS) is 19.2. The van der Waals surface area contributed by atoms with Crippen molar-refractivity contribution in [1.82, 2.24) is 10.2 Å². The molecule has 1 aliphatic rings. The lowest BCUT2D eigenvalue weighted by molar-refractivity contribution is 0.311. The minimum absolute atomic E-state index is 0.826. The van der Waals surface area contributed by atoms with E-state index in [0.717, 1.165) is 30.1 Å². The molecule has 2 heterocycles. The maximum atomic E-state index is 4.10. The molecule has 0 amide bonds. The molecule has 1 aromatic heterocycles. The van der Waals surface area contributed by atoms with E-state index in [4.69, 9.17) is 0 Å². The van der Waals surface area contributed by atoms with Gasteiger partial charge in [-0.1, -0.05) is 25.2 Å². The zero-order chi connectivity index (χ0) is 9.97. The van der Waals surface area contributed by atoms with Gasteiger partial charge in [0.1, 0.15) is 5.51 Å². The first-order chi connectivity index (χ1) is 6.77. The Morgan fingerprint density at radius 3 is 2.64 bits per heavy atom. The Labute approximate surface area is 89.2 Å². The summed E-state index contributed by atoms with van der Waals surface area (Å²) in [5, 5.41) is 9.07. The van der Waals surface area contributed by atoms with Crippen LogP contribution in [-0.2, 0) is 0 Å². The Morgan fingerprint density at radius 2 is 2.14 bits per heavy atom. The van der Waals surface area contributed by atoms with Gasteiger partial charge >= 0.3 is 0 Å². The summed E-state index contributed by atoms with van der Waals surface area (Å²) in [4.78, 5) is 2.36. The van der Waals surface area contributed by atoms with Crippen LogP contribution in [0.25, 0.3) is 0 Å². The molecule has 1 aliphatic heterocycles. The maximum absolute atomic E-state index is 4.10. The Balaban J connectivity index is 1.90. The van der Waals surface area contributed by atoms with Crippen LogP contribution < -0.4 is 4.90 Å². The number of piperidine rings is 1. The molecule has 1 fully saturated rings. The van der Waals surface area contributed by atoms with Crippen molar-refractivity contribution < 1.29 is 0 Å². The van der Waals surface area contributed by atoms with Gasteiger partial charge in [-0.15, -0.1) is 10.2 Å². The summed E-state index contributed by atoms with van der Waals surface area (Å²) in [6, 6.07) is 0. The fourth-order valence-electron chi connectivity index (χ4n) is 2.06. The first kappa shape index (κ1) is 9.90. The molecular weight excluding hydrogens is 194 g/mol. The zero-order valence-electron chi connectivity index (χ0n) is 8.81. The van der Waals surface area contributed by atoms with E-state index < -0.39 is 0 Å². The predicted molar refractivity (Wildman–Crippen MR) is 59.7 cm³/mol. The molecular formula is C10H17N3S. The molecule has 0 bridgehead atoms. The Kier molecular flexibility index (Phi) is 3.01. The van der Waals surface area contributed by atoms with Crippen LogP contribution in [0.5, 0.6) is 0 Å². The molecule has 0 aromatic carbocycles. The molecule has 14 heavy (non-hydrogen) atoms. The van der Waals surface area contributed by atoms with E-state index in [9.17, 15) is 0 Å². The van der Waals surface area contributed by atoms with Gasteiger partial charge < -0.3 is 4.90 Å². The smallest absolute Gasteiger partial charge is 0.208 e. The van der Waals surface area contributed by atoms with Crippen LogP contribution in [0.2, 0.25) is 0 Å². The van der Waals surface area contributed by atoms with Gasteiger partial charge in [0, 0.05) is 13.1 Å². The molecule has 2 rings (SSSR count). The number of nitrogens with zero attached hydrogens (tertiary/aromatic N) is 3. The van der Waals surface area contributed by atoms with Crippen LogP contribution in [0.3, 0.4) is 0 Å². The van der Waals surface area contributed by atoms with Gasteiger partial charge in [0.15, 0.2) is 0 Å². The molecule has 0 saturated carbocycles. The highest BCUT2D eigenvalue weighted by molar-refractivity contribution is 7.13. The first-order valence-corrected chi connectivity index (χ1v) is 6.16. The second kappa shape index (κ2) is 4.26. The van der Waals surface area contributed by atoms with Gasteiger partial charge in [-0.3, -0.25) is 0 Å². The number of rotatable bonds is 2. The maximum Gasteiger partial charge on any atom is 0.208 e. The van der Waals surface area contributed by atoms with Gasteiger partial charge in [0.25, 0.3) is 0 Å². The topological polar surface area (TPSA) is 29.0 Å². The van der Waals surface area contributed by atoms with Crippen LogP contribution in [0, 0.1) is 11.8 Å². The Hall–Kier alpha value is -0.640. The van der Waals surface area contributed by atoms with Gasteiger partial charge in [0.2, 0.25) is 5.13 Å². The summed E-state index contributed by atoms with van der Waals surface area (Å²) < 4.78 is 0. The average Bonchev–Trinajstić information content (AvgIpc) is 2.71. The summed E-state index contributed by atoms with van der Waals surface area (Å²) in [6.07, 6.45) is 2.61. The van der Waals surface area contributed by atoms with Gasteiger partial charge in [-0.2, -0.15) is 0 Å². The molecule has 1 aromatic rings. The minimum atomic E-state index is 0.826. The highest BCUT2D eigenvalue weighted by atomic mass is 32.1. The lowest BCUT2D eigenvalue weighted by Gasteiger charge is -2.33. The van der Waals surface area contributed by atoms with E-state index in [2.05, 4.69) is 28.9 Å². The fraction of sp³-hybridized carbons (Fsp3) is 0.800. The largest absolute Gasteiger partial charge is 0.347 e. The van der Waals surface area contributed by atoms with Crippen molar-refractivity contribution in [3.05, 3.63) is 5.51 Å². The van der Waals surface area contributed by atoms with E-state index in [1.165, 1.54) is 12.8 Å². The summed E-state index contributed by atoms with van der Waals surface area (Å²) in [5.74, 6) is 1.73. The highest BCUT2D eigenvalue weighted by Crippen LogP contribution is 2.27. The fourth-order valence-corrected chi connectivity index (χ4v) is 2.68. The average molecular weight is 211 g/mol. The molecule has 4 heteroatoms. The van der Waals surface area contributed by atoms with Crippen molar-refractivity contribution in [2.24, 2.45) is 11.8 Å². The van der Waals surface area contributed by atoms with Crippen molar-refractivity contribution >= 4 is 16.5 Å². The number of hydrogen-bond acceptors (Lipinski definition) is 4. The van der Waals surface area contributed by atoms with Crippen LogP contribution in [0.4, 0.5) is 5.13 Å². The van der Waals surface area contributed by atoms with E-state index >= 15 is 0 Å². The zero-order valence-corrected chi connectivity index (χ0v) is 9.63. The highest BCUT2D eigenvalue weighted by Gasteiger charge is 2.22. The molecule has 78 valence electrons. The Bertz CT molecular complexity index is 263. The van der Waals surface area contributed by atoms with E-state index in [-0.39, 0.29) is 0 Å². The van der Waals surface area contributed by atoms with Crippen molar-refractivity contribution in [1.29, 1.82) is 0 Å². The predicted octanol–water partition coefficient (Wildman–Crippen LogP) is 2.41. The van der Waals surface area contributed by atoms with E-state index in [1.807, 2.05) is 5.51 Å². The van der Waals surface area contributed by atoms with Crippen LogP contribution >= 0.6 is 11.3 Å². The molecule has 0 radical (unpaired) electrons. The molecule has 0 spiro atoms. The second-order valence-corrected chi connectivity index (χ2v) is 5.10. The number of aromatic nitrogens is 2. The lowest BCUT2D eigenvalue weighted by atomic mass is 9.87. The standard InChI is InChI=1S/C10H17N3S/c1-8(2)9-3-5-13(6-4-9)10-12-11-7-14-10/h7-9H,3-6H2,1-2H3. The molecule has 1 saturated heterocycles. The summed E-state index contributed by atoms with van der Waals surface area (Å²) in [7, 11) is 0. The van der Waals surface area contributed by atoms with Gasteiger partial charge in [-0.25, -0.2) is 0 Å². The summed E-state index contributed by atoms with van der Waals surface area (Å²) in [5.41, 5.74) is 1.81. The van der Waals surface area contributed by atoms with E-state index in [0.29, 0.717) is 0 Å². The molecule has 0 aliphatic carbocycles. The van der Waals surface area contributed by atoms with Crippen molar-refractivity contribution in [3.63, 3.8) is 0 Å². The van der Waals surface area contributed by atoms with Crippen molar-refractivity contribution in [2.75, 3.05) is 18.0 Å². The third kappa shape index (κ3) is 2.05. The lowest BCUT2D eigenvalue weighted by Crippen LogP contribution is -2.35. The Morgan fingerprint density at radius 1 is 1.43 bits per heavy atom. The van der Waals surface area contributed by atoms with Crippen LogP contribution in [0.1, 0.15) is 26.7 Å². The third-order valence-electron chi connectivity index (χ3n) is 3.10. The molecule has 0 unspecified atom stereocenters.